The zero-order valence-corrected chi connectivity index (χ0v) is 9.52. The number of hydrogen-bond donors (Lipinski definition) is 1. The Bertz CT molecular complexity index is 339. The SMILES string of the molecule is Cc1ccc(C=CC(=O)NC(C)C)s1. The fourth-order valence-electron chi connectivity index (χ4n) is 1.03. The van der Waals surface area contributed by atoms with Crippen LogP contribution in [0.2, 0.25) is 0 Å². The second kappa shape index (κ2) is 4.96. The lowest BCUT2D eigenvalue weighted by Crippen LogP contribution is -2.28. The van der Waals surface area contributed by atoms with E-state index in [1.807, 2.05) is 32.1 Å². The Morgan fingerprint density at radius 2 is 2.21 bits per heavy atom. The zero-order chi connectivity index (χ0) is 10.6. The molecule has 14 heavy (non-hydrogen) atoms. The van der Waals surface area contributed by atoms with Gasteiger partial charge >= 0.3 is 0 Å². The van der Waals surface area contributed by atoms with Crippen molar-refractivity contribution >= 4 is 23.3 Å². The fourth-order valence-corrected chi connectivity index (χ4v) is 1.81. The topological polar surface area (TPSA) is 29.1 Å². The Morgan fingerprint density at radius 3 is 2.71 bits per heavy atom. The van der Waals surface area contributed by atoms with Crippen molar-refractivity contribution in [3.63, 3.8) is 0 Å². The van der Waals surface area contributed by atoms with Crippen molar-refractivity contribution in [1.29, 1.82) is 0 Å². The van der Waals surface area contributed by atoms with E-state index in [2.05, 4.69) is 12.2 Å². The highest BCUT2D eigenvalue weighted by Crippen LogP contribution is 2.16. The summed E-state index contributed by atoms with van der Waals surface area (Å²) >= 11 is 1.68. The summed E-state index contributed by atoms with van der Waals surface area (Å²) in [7, 11) is 0. The van der Waals surface area contributed by atoms with Crippen LogP contribution in [-0.2, 0) is 4.79 Å². The number of hydrogen-bond acceptors (Lipinski definition) is 2. The minimum atomic E-state index is -0.0361. The van der Waals surface area contributed by atoms with Gasteiger partial charge in [0.15, 0.2) is 0 Å². The summed E-state index contributed by atoms with van der Waals surface area (Å²) in [6.07, 6.45) is 3.42. The van der Waals surface area contributed by atoms with Crippen LogP contribution in [0, 0.1) is 6.92 Å². The lowest BCUT2D eigenvalue weighted by atomic mass is 10.3. The smallest absolute Gasteiger partial charge is 0.244 e. The summed E-state index contributed by atoms with van der Waals surface area (Å²) in [6.45, 7) is 5.94. The Hall–Kier alpha value is -1.09. The van der Waals surface area contributed by atoms with Crippen molar-refractivity contribution in [3.05, 3.63) is 28.0 Å². The molecule has 0 atom stereocenters. The highest BCUT2D eigenvalue weighted by atomic mass is 32.1. The third kappa shape index (κ3) is 3.75. The lowest BCUT2D eigenvalue weighted by Gasteiger charge is -2.03. The first-order valence-corrected chi connectivity index (χ1v) is 5.44. The van der Waals surface area contributed by atoms with E-state index in [0.29, 0.717) is 0 Å². The standard InChI is InChI=1S/C11H15NOS/c1-8(2)12-11(13)7-6-10-5-4-9(3)14-10/h4-8H,1-3H3,(H,12,13). The van der Waals surface area contributed by atoms with Gasteiger partial charge in [-0.15, -0.1) is 11.3 Å². The van der Waals surface area contributed by atoms with Crippen LogP contribution >= 0.6 is 11.3 Å². The summed E-state index contributed by atoms with van der Waals surface area (Å²) in [5.41, 5.74) is 0. The quantitative estimate of drug-likeness (QED) is 0.762. The molecule has 1 amide bonds. The highest BCUT2D eigenvalue weighted by molar-refractivity contribution is 7.12. The first-order chi connectivity index (χ1) is 6.58. The molecular weight excluding hydrogens is 194 g/mol. The molecule has 0 radical (unpaired) electrons. The molecule has 1 aromatic heterocycles. The number of amides is 1. The molecule has 0 spiro atoms. The predicted octanol–water partition coefficient (Wildman–Crippen LogP) is 2.59. The third-order valence-electron chi connectivity index (χ3n) is 1.59. The van der Waals surface area contributed by atoms with Gasteiger partial charge in [-0.05, 0) is 39.0 Å². The minimum Gasteiger partial charge on any atom is -0.350 e. The molecule has 0 fully saturated rings. The van der Waals surface area contributed by atoms with Crippen molar-refractivity contribution in [2.45, 2.75) is 26.8 Å². The van der Waals surface area contributed by atoms with Gasteiger partial charge in [0.05, 0.1) is 0 Å². The average Bonchev–Trinajstić information content (AvgIpc) is 2.47. The monoisotopic (exact) mass is 209 g/mol. The van der Waals surface area contributed by atoms with E-state index < -0.39 is 0 Å². The molecule has 1 N–H and O–H groups in total. The van der Waals surface area contributed by atoms with Crippen LogP contribution < -0.4 is 5.32 Å². The van der Waals surface area contributed by atoms with Gasteiger partial charge in [0.25, 0.3) is 0 Å². The molecule has 0 aromatic carbocycles. The second-order valence-corrected chi connectivity index (χ2v) is 4.76. The molecule has 0 unspecified atom stereocenters. The van der Waals surface area contributed by atoms with Crippen molar-refractivity contribution < 1.29 is 4.79 Å². The largest absolute Gasteiger partial charge is 0.350 e. The van der Waals surface area contributed by atoms with Crippen LogP contribution in [0.1, 0.15) is 23.6 Å². The van der Waals surface area contributed by atoms with Crippen LogP contribution in [0.5, 0.6) is 0 Å². The van der Waals surface area contributed by atoms with E-state index in [4.69, 9.17) is 0 Å². The van der Waals surface area contributed by atoms with Gasteiger partial charge in [-0.2, -0.15) is 0 Å². The van der Waals surface area contributed by atoms with E-state index in [9.17, 15) is 4.79 Å². The minimum absolute atomic E-state index is 0.0361. The van der Waals surface area contributed by atoms with Gasteiger partial charge in [-0.1, -0.05) is 0 Å². The first-order valence-electron chi connectivity index (χ1n) is 4.63. The molecule has 0 aliphatic heterocycles. The van der Waals surface area contributed by atoms with E-state index in [-0.39, 0.29) is 11.9 Å². The van der Waals surface area contributed by atoms with E-state index in [1.54, 1.807) is 17.4 Å². The predicted molar refractivity (Wildman–Crippen MR) is 61.4 cm³/mol. The molecule has 76 valence electrons. The molecule has 0 aliphatic carbocycles. The molecule has 1 rings (SSSR count). The van der Waals surface area contributed by atoms with Gasteiger partial charge in [0, 0.05) is 21.9 Å². The van der Waals surface area contributed by atoms with Crippen LogP contribution in [-0.4, -0.2) is 11.9 Å². The van der Waals surface area contributed by atoms with Crippen molar-refractivity contribution in [1.82, 2.24) is 5.32 Å². The number of carbonyl (C=O) groups is 1. The fraction of sp³-hybridized carbons (Fsp3) is 0.364. The highest BCUT2D eigenvalue weighted by Gasteiger charge is 1.97. The molecule has 0 bridgehead atoms. The average molecular weight is 209 g/mol. The Labute approximate surface area is 88.6 Å². The van der Waals surface area contributed by atoms with Crippen LogP contribution in [0.25, 0.3) is 6.08 Å². The third-order valence-corrected chi connectivity index (χ3v) is 2.56. The van der Waals surface area contributed by atoms with Gasteiger partial charge in [-0.3, -0.25) is 4.79 Å². The van der Waals surface area contributed by atoms with Crippen LogP contribution in [0.4, 0.5) is 0 Å². The molecule has 0 aliphatic rings. The summed E-state index contributed by atoms with van der Waals surface area (Å²) in [5.74, 6) is -0.0361. The molecule has 1 heterocycles. The molecule has 3 heteroatoms. The number of carbonyl (C=O) groups excluding carboxylic acids is 1. The van der Waals surface area contributed by atoms with Crippen molar-refractivity contribution in [2.75, 3.05) is 0 Å². The van der Waals surface area contributed by atoms with Crippen LogP contribution in [0.3, 0.4) is 0 Å². The summed E-state index contributed by atoms with van der Waals surface area (Å²) in [5, 5.41) is 2.80. The Kier molecular flexibility index (Phi) is 3.89. The van der Waals surface area contributed by atoms with E-state index >= 15 is 0 Å². The maximum Gasteiger partial charge on any atom is 0.244 e. The number of rotatable bonds is 3. The number of aryl methyl sites for hydroxylation is 1. The summed E-state index contributed by atoms with van der Waals surface area (Å²) < 4.78 is 0. The van der Waals surface area contributed by atoms with Gasteiger partial charge in [0.2, 0.25) is 5.91 Å². The molecule has 0 saturated carbocycles. The maximum absolute atomic E-state index is 11.2. The molecular formula is C11H15NOS. The molecule has 2 nitrogen and oxygen atoms in total. The second-order valence-electron chi connectivity index (χ2n) is 3.45. The number of thiophene rings is 1. The Morgan fingerprint density at radius 1 is 1.50 bits per heavy atom. The van der Waals surface area contributed by atoms with E-state index in [0.717, 1.165) is 4.88 Å². The lowest BCUT2D eigenvalue weighted by molar-refractivity contribution is -0.116. The van der Waals surface area contributed by atoms with Crippen molar-refractivity contribution in [2.24, 2.45) is 0 Å². The normalized spacial score (nSPS) is 11.1. The zero-order valence-electron chi connectivity index (χ0n) is 8.70. The molecule has 0 saturated heterocycles. The van der Waals surface area contributed by atoms with Gasteiger partial charge in [-0.25, -0.2) is 0 Å². The summed E-state index contributed by atoms with van der Waals surface area (Å²) in [4.78, 5) is 13.6. The van der Waals surface area contributed by atoms with Crippen molar-refractivity contribution in [3.8, 4) is 0 Å². The molecule has 1 aromatic rings. The Balaban J connectivity index is 2.51. The van der Waals surface area contributed by atoms with E-state index in [1.165, 1.54) is 4.88 Å². The first kappa shape index (κ1) is 11.0. The van der Waals surface area contributed by atoms with Gasteiger partial charge in [0.1, 0.15) is 0 Å². The maximum atomic E-state index is 11.2. The van der Waals surface area contributed by atoms with Gasteiger partial charge < -0.3 is 5.32 Å². The number of nitrogens with one attached hydrogen (secondary N) is 1. The summed E-state index contributed by atoms with van der Waals surface area (Å²) in [6, 6.07) is 4.25. The van der Waals surface area contributed by atoms with Crippen LogP contribution in [0.15, 0.2) is 18.2 Å².